The Kier molecular flexibility index (Phi) is 10.2. The second-order valence-electron chi connectivity index (χ2n) is 12.6. The van der Waals surface area contributed by atoms with Crippen molar-refractivity contribution in [3.05, 3.63) is 153 Å². The quantitative estimate of drug-likeness (QED) is 0.0946. The molecule has 0 aliphatic carbocycles. The molecule has 0 spiro atoms. The molecule has 5 aromatic carbocycles. The smallest absolute Gasteiger partial charge is 0.343 e. The van der Waals surface area contributed by atoms with E-state index in [0.29, 0.717) is 11.5 Å². The van der Waals surface area contributed by atoms with Gasteiger partial charge in [0.2, 0.25) is 0 Å². The Bertz CT molecular complexity index is 2030. The lowest BCUT2D eigenvalue weighted by atomic mass is 9.78. The fraction of sp³-hybridized carbons (Fsp3) is 0.209. The molecule has 0 N–H and O–H groups in total. The summed E-state index contributed by atoms with van der Waals surface area (Å²) < 4.78 is 22.2. The second kappa shape index (κ2) is 14.5. The molecule has 0 aliphatic heterocycles. The van der Waals surface area contributed by atoms with Crippen LogP contribution in [0.5, 0.6) is 23.0 Å². The van der Waals surface area contributed by atoms with Crippen LogP contribution in [0.25, 0.3) is 0 Å². The van der Waals surface area contributed by atoms with Gasteiger partial charge in [0, 0.05) is 16.5 Å². The normalized spacial score (nSPS) is 10.9. The van der Waals surface area contributed by atoms with E-state index in [-0.39, 0.29) is 16.5 Å². The van der Waals surface area contributed by atoms with Crippen LogP contribution in [0.3, 0.4) is 0 Å². The van der Waals surface area contributed by atoms with Crippen LogP contribution in [0.4, 0.5) is 0 Å². The van der Waals surface area contributed by atoms with Gasteiger partial charge in [-0.05, 0) is 128 Å². The average molecular weight is 653 g/mol. The molecule has 5 aromatic rings. The van der Waals surface area contributed by atoms with E-state index < -0.39 is 11.9 Å². The minimum absolute atomic E-state index is 0.235. The van der Waals surface area contributed by atoms with Crippen molar-refractivity contribution in [3.8, 4) is 34.8 Å². The standard InChI is InChI=1S/C43H40O6/c1-27-22-31(23-28(2)39(27)47-8)12-13-32-24-29(3)40(30(4)25-32)49-42(45)34-11-9-10-33(26-34)41(44)48-38-20-16-36(17-21-38)43(5,6)35-14-18-37(46-7)19-15-35/h9-11,14-26H,1-8H3. The van der Waals surface area contributed by atoms with Gasteiger partial charge in [0.25, 0.3) is 0 Å². The van der Waals surface area contributed by atoms with E-state index in [1.807, 2.05) is 88.4 Å². The molecule has 0 aliphatic rings. The van der Waals surface area contributed by atoms with E-state index in [4.69, 9.17) is 18.9 Å². The Morgan fingerprint density at radius 3 is 1.41 bits per heavy atom. The Morgan fingerprint density at radius 2 is 0.959 bits per heavy atom. The first-order valence-electron chi connectivity index (χ1n) is 16.0. The Balaban J connectivity index is 1.26. The highest BCUT2D eigenvalue weighted by Crippen LogP contribution is 2.33. The maximum atomic E-state index is 13.2. The van der Waals surface area contributed by atoms with Crippen LogP contribution >= 0.6 is 0 Å². The summed E-state index contributed by atoms with van der Waals surface area (Å²) in [5.41, 5.74) is 7.69. The summed E-state index contributed by atoms with van der Waals surface area (Å²) in [6.07, 6.45) is 0. The van der Waals surface area contributed by atoms with E-state index in [0.717, 1.165) is 56.0 Å². The number of carbonyl (C=O) groups is 2. The highest BCUT2D eigenvalue weighted by molar-refractivity contribution is 5.97. The number of rotatable bonds is 8. The third-order valence-electron chi connectivity index (χ3n) is 8.60. The number of hydrogen-bond donors (Lipinski definition) is 0. The molecule has 0 fully saturated rings. The zero-order valence-corrected chi connectivity index (χ0v) is 29.2. The molecule has 0 atom stereocenters. The monoisotopic (exact) mass is 652 g/mol. The van der Waals surface area contributed by atoms with Gasteiger partial charge in [-0.3, -0.25) is 0 Å². The van der Waals surface area contributed by atoms with E-state index in [2.05, 4.69) is 25.7 Å². The molecule has 6 nitrogen and oxygen atoms in total. The first-order chi connectivity index (χ1) is 23.4. The van der Waals surface area contributed by atoms with Crippen molar-refractivity contribution in [3.63, 3.8) is 0 Å². The summed E-state index contributed by atoms with van der Waals surface area (Å²) in [5.74, 6) is 7.82. The van der Waals surface area contributed by atoms with E-state index in [1.54, 1.807) is 44.6 Å². The lowest BCUT2D eigenvalue weighted by molar-refractivity contribution is 0.0732. The topological polar surface area (TPSA) is 71.1 Å². The zero-order valence-electron chi connectivity index (χ0n) is 29.2. The molecule has 0 saturated carbocycles. The first kappa shape index (κ1) is 34.5. The molecule has 5 rings (SSSR count). The van der Waals surface area contributed by atoms with Gasteiger partial charge >= 0.3 is 11.9 Å². The number of methoxy groups -OCH3 is 2. The summed E-state index contributed by atoms with van der Waals surface area (Å²) >= 11 is 0. The number of ether oxygens (including phenoxy) is 4. The molecule has 49 heavy (non-hydrogen) atoms. The Hall–Kier alpha value is -5.80. The maximum Gasteiger partial charge on any atom is 0.343 e. The van der Waals surface area contributed by atoms with Gasteiger partial charge < -0.3 is 18.9 Å². The molecule has 0 unspecified atom stereocenters. The molecule has 6 heteroatoms. The van der Waals surface area contributed by atoms with Crippen LogP contribution < -0.4 is 18.9 Å². The number of esters is 2. The SMILES string of the molecule is COc1ccc(C(C)(C)c2ccc(OC(=O)c3cccc(C(=O)Oc4c(C)cc(C#Cc5cc(C)c(OC)c(C)c5)cc4C)c3)cc2)cc1. The van der Waals surface area contributed by atoms with Crippen molar-refractivity contribution in [2.24, 2.45) is 0 Å². The zero-order chi connectivity index (χ0) is 35.3. The third-order valence-corrected chi connectivity index (χ3v) is 8.60. The van der Waals surface area contributed by atoms with Gasteiger partial charge in [0.05, 0.1) is 25.3 Å². The lowest BCUT2D eigenvalue weighted by Crippen LogP contribution is -2.18. The summed E-state index contributed by atoms with van der Waals surface area (Å²) in [6, 6.07) is 29.5. The van der Waals surface area contributed by atoms with E-state index in [9.17, 15) is 9.59 Å². The predicted octanol–water partition coefficient (Wildman–Crippen LogP) is 9.10. The number of carbonyl (C=O) groups excluding carboxylic acids is 2. The van der Waals surface area contributed by atoms with Crippen molar-refractivity contribution in [2.75, 3.05) is 14.2 Å². The minimum Gasteiger partial charge on any atom is -0.497 e. The van der Waals surface area contributed by atoms with Crippen LogP contribution in [-0.2, 0) is 5.41 Å². The third kappa shape index (κ3) is 7.85. The lowest BCUT2D eigenvalue weighted by Gasteiger charge is -2.26. The molecule has 248 valence electrons. The summed E-state index contributed by atoms with van der Waals surface area (Å²) in [7, 11) is 3.31. The molecule has 0 radical (unpaired) electrons. The maximum absolute atomic E-state index is 13.2. The van der Waals surface area contributed by atoms with Crippen LogP contribution in [-0.4, -0.2) is 26.2 Å². The summed E-state index contributed by atoms with van der Waals surface area (Å²) in [6.45, 7) is 12.0. The molecular weight excluding hydrogens is 612 g/mol. The molecule has 0 bridgehead atoms. The van der Waals surface area contributed by atoms with Gasteiger partial charge in [-0.25, -0.2) is 9.59 Å². The number of benzene rings is 5. The van der Waals surface area contributed by atoms with Gasteiger partial charge in [-0.1, -0.05) is 56.0 Å². The van der Waals surface area contributed by atoms with Crippen molar-refractivity contribution in [2.45, 2.75) is 47.0 Å². The molecule has 0 aromatic heterocycles. The summed E-state index contributed by atoms with van der Waals surface area (Å²) in [5, 5.41) is 0. The van der Waals surface area contributed by atoms with Gasteiger partial charge in [0.15, 0.2) is 0 Å². The Labute approximate surface area is 288 Å². The van der Waals surface area contributed by atoms with Crippen molar-refractivity contribution < 1.29 is 28.5 Å². The largest absolute Gasteiger partial charge is 0.497 e. The molecule has 0 heterocycles. The van der Waals surface area contributed by atoms with Crippen LogP contribution in [0.1, 0.15) is 79.1 Å². The second-order valence-corrected chi connectivity index (χ2v) is 12.6. The average Bonchev–Trinajstić information content (AvgIpc) is 3.09. The first-order valence-corrected chi connectivity index (χ1v) is 16.0. The minimum atomic E-state index is -0.575. The van der Waals surface area contributed by atoms with E-state index in [1.165, 1.54) is 6.07 Å². The molecule has 0 saturated heterocycles. The fourth-order valence-corrected chi connectivity index (χ4v) is 5.88. The van der Waals surface area contributed by atoms with Crippen LogP contribution in [0.15, 0.2) is 97.1 Å². The van der Waals surface area contributed by atoms with Crippen molar-refractivity contribution in [1.29, 1.82) is 0 Å². The van der Waals surface area contributed by atoms with Gasteiger partial charge in [-0.2, -0.15) is 0 Å². The van der Waals surface area contributed by atoms with Crippen molar-refractivity contribution in [1.82, 2.24) is 0 Å². The highest BCUT2D eigenvalue weighted by atomic mass is 16.5. The highest BCUT2D eigenvalue weighted by Gasteiger charge is 2.23. The van der Waals surface area contributed by atoms with Crippen LogP contribution in [0.2, 0.25) is 0 Å². The number of aryl methyl sites for hydroxylation is 4. The predicted molar refractivity (Wildman–Crippen MR) is 192 cm³/mol. The number of hydrogen-bond acceptors (Lipinski definition) is 6. The van der Waals surface area contributed by atoms with E-state index >= 15 is 0 Å². The molecule has 0 amide bonds. The van der Waals surface area contributed by atoms with Crippen molar-refractivity contribution >= 4 is 11.9 Å². The molecular formula is C43H40O6. The Morgan fingerprint density at radius 1 is 0.531 bits per heavy atom. The fourth-order valence-electron chi connectivity index (χ4n) is 5.88. The van der Waals surface area contributed by atoms with Gasteiger partial charge in [0.1, 0.15) is 23.0 Å². The summed E-state index contributed by atoms with van der Waals surface area (Å²) in [4.78, 5) is 26.3. The van der Waals surface area contributed by atoms with Gasteiger partial charge in [-0.15, -0.1) is 0 Å². The van der Waals surface area contributed by atoms with Crippen LogP contribution in [0, 0.1) is 39.5 Å².